The van der Waals surface area contributed by atoms with Gasteiger partial charge in [-0.15, -0.1) is 0 Å². The fourth-order valence-corrected chi connectivity index (χ4v) is 3.25. The smallest absolute Gasteiger partial charge is 0.282 e. The van der Waals surface area contributed by atoms with Crippen LogP contribution in [-0.4, -0.2) is 36.5 Å². The Balaban J connectivity index is 2.14. The lowest BCUT2D eigenvalue weighted by Crippen LogP contribution is -2.04. The molecule has 0 bridgehead atoms. The van der Waals surface area contributed by atoms with Crippen LogP contribution in [0.1, 0.15) is 12.1 Å². The van der Waals surface area contributed by atoms with Crippen molar-refractivity contribution in [1.82, 2.24) is 14.8 Å². The summed E-state index contributed by atoms with van der Waals surface area (Å²) >= 11 is 6.13. The maximum atomic E-state index is 13.2. The van der Waals surface area contributed by atoms with Crippen LogP contribution in [-0.2, 0) is 9.84 Å². The SMILES string of the molecule is COc1ccc(-c2cc(C(F)F)nn2-c2ccc(S(C)(=O)=O)cn2)cc1Cl. The molecule has 142 valence electrons. The largest absolute Gasteiger partial charge is 0.495 e. The normalized spacial score (nSPS) is 11.8. The lowest BCUT2D eigenvalue weighted by atomic mass is 10.1. The molecular weight excluding hydrogens is 400 g/mol. The zero-order valence-corrected chi connectivity index (χ0v) is 15.8. The summed E-state index contributed by atoms with van der Waals surface area (Å²) in [5.74, 6) is 0.632. The summed E-state index contributed by atoms with van der Waals surface area (Å²) in [4.78, 5) is 4.06. The highest BCUT2D eigenvalue weighted by Gasteiger charge is 2.19. The molecular formula is C17H14ClF2N3O3S. The summed E-state index contributed by atoms with van der Waals surface area (Å²) < 4.78 is 55.8. The minimum Gasteiger partial charge on any atom is -0.495 e. The Kier molecular flexibility index (Phi) is 5.16. The molecule has 0 unspecified atom stereocenters. The summed E-state index contributed by atoms with van der Waals surface area (Å²) in [6.45, 7) is 0. The van der Waals surface area contributed by atoms with Gasteiger partial charge in [0.05, 0.1) is 22.7 Å². The minimum atomic E-state index is -3.43. The van der Waals surface area contributed by atoms with E-state index in [1.165, 1.54) is 30.0 Å². The van der Waals surface area contributed by atoms with E-state index >= 15 is 0 Å². The lowest BCUT2D eigenvalue weighted by molar-refractivity contribution is 0.145. The van der Waals surface area contributed by atoms with E-state index in [0.29, 0.717) is 22.0 Å². The lowest BCUT2D eigenvalue weighted by Gasteiger charge is -2.09. The molecule has 0 aliphatic carbocycles. The topological polar surface area (TPSA) is 74.1 Å². The Morgan fingerprint density at radius 2 is 1.93 bits per heavy atom. The molecule has 2 aromatic heterocycles. The number of sulfone groups is 1. The maximum Gasteiger partial charge on any atom is 0.282 e. The number of aromatic nitrogens is 3. The standard InChI is InChI=1S/C17H14ClF2N3O3S/c1-26-15-5-3-10(7-12(15)18)14-8-13(17(19)20)22-23(14)16-6-4-11(9-21-16)27(2,24)25/h3-9,17H,1-2H3. The molecule has 0 radical (unpaired) electrons. The monoisotopic (exact) mass is 413 g/mol. The average molecular weight is 414 g/mol. The Morgan fingerprint density at radius 3 is 2.44 bits per heavy atom. The highest BCUT2D eigenvalue weighted by atomic mass is 35.5. The molecule has 0 saturated heterocycles. The number of ether oxygens (including phenoxy) is 1. The van der Waals surface area contributed by atoms with Crippen LogP contribution >= 0.6 is 11.6 Å². The van der Waals surface area contributed by atoms with Crippen molar-refractivity contribution >= 4 is 21.4 Å². The molecule has 0 saturated carbocycles. The highest BCUT2D eigenvalue weighted by molar-refractivity contribution is 7.90. The van der Waals surface area contributed by atoms with Gasteiger partial charge >= 0.3 is 0 Å². The van der Waals surface area contributed by atoms with Crippen LogP contribution in [0.25, 0.3) is 17.1 Å². The molecule has 0 aliphatic heterocycles. The Bertz CT molecular complexity index is 1080. The van der Waals surface area contributed by atoms with Gasteiger partial charge in [0.25, 0.3) is 6.43 Å². The Labute approximate surface area is 159 Å². The van der Waals surface area contributed by atoms with Crippen LogP contribution in [0.3, 0.4) is 0 Å². The number of nitrogens with zero attached hydrogens (tertiary/aromatic N) is 3. The summed E-state index contributed by atoms with van der Waals surface area (Å²) in [5, 5.41) is 4.21. The van der Waals surface area contributed by atoms with Gasteiger partial charge in [0.2, 0.25) is 0 Å². The zero-order valence-electron chi connectivity index (χ0n) is 14.2. The van der Waals surface area contributed by atoms with Crippen LogP contribution in [0, 0.1) is 0 Å². The molecule has 0 fully saturated rings. The number of benzene rings is 1. The van der Waals surface area contributed by atoms with Crippen molar-refractivity contribution in [1.29, 1.82) is 0 Å². The second-order valence-corrected chi connectivity index (χ2v) is 8.06. The summed E-state index contributed by atoms with van der Waals surface area (Å²) in [6.07, 6.45) is -0.579. The number of rotatable bonds is 5. The number of methoxy groups -OCH3 is 1. The second-order valence-electron chi connectivity index (χ2n) is 5.64. The van der Waals surface area contributed by atoms with E-state index in [1.54, 1.807) is 18.2 Å². The van der Waals surface area contributed by atoms with Gasteiger partial charge in [-0.25, -0.2) is 26.9 Å². The molecule has 3 aromatic rings. The first-order chi connectivity index (χ1) is 12.7. The number of hydrogen-bond donors (Lipinski definition) is 0. The van der Waals surface area contributed by atoms with Gasteiger partial charge < -0.3 is 4.74 Å². The van der Waals surface area contributed by atoms with Crippen LogP contribution in [0.15, 0.2) is 47.5 Å². The minimum absolute atomic E-state index is 0.0153. The fraction of sp³-hybridized carbons (Fsp3) is 0.176. The van der Waals surface area contributed by atoms with Crippen molar-refractivity contribution in [3.05, 3.63) is 53.3 Å². The molecule has 27 heavy (non-hydrogen) atoms. The van der Waals surface area contributed by atoms with Crippen LogP contribution < -0.4 is 4.74 Å². The van der Waals surface area contributed by atoms with Crippen molar-refractivity contribution in [3.8, 4) is 22.8 Å². The highest BCUT2D eigenvalue weighted by Crippen LogP contribution is 2.33. The molecule has 0 N–H and O–H groups in total. The van der Waals surface area contributed by atoms with E-state index in [-0.39, 0.29) is 10.7 Å². The van der Waals surface area contributed by atoms with Crippen molar-refractivity contribution in [2.45, 2.75) is 11.3 Å². The van der Waals surface area contributed by atoms with Gasteiger partial charge in [0.15, 0.2) is 15.7 Å². The predicted octanol–water partition coefficient (Wildman–Crippen LogP) is 3.94. The molecule has 0 aliphatic rings. The molecule has 1 aromatic carbocycles. The third-order valence-corrected chi connectivity index (χ3v) is 5.16. The molecule has 0 spiro atoms. The number of hydrogen-bond acceptors (Lipinski definition) is 5. The average Bonchev–Trinajstić information content (AvgIpc) is 3.06. The van der Waals surface area contributed by atoms with Crippen molar-refractivity contribution in [2.75, 3.05) is 13.4 Å². The number of pyridine rings is 1. The third-order valence-electron chi connectivity index (χ3n) is 3.77. The molecule has 2 heterocycles. The van der Waals surface area contributed by atoms with E-state index in [2.05, 4.69) is 10.1 Å². The third kappa shape index (κ3) is 3.93. The summed E-state index contributed by atoms with van der Waals surface area (Å²) in [7, 11) is -1.96. The Morgan fingerprint density at radius 1 is 1.19 bits per heavy atom. The van der Waals surface area contributed by atoms with Crippen molar-refractivity contribution in [2.24, 2.45) is 0 Å². The van der Waals surface area contributed by atoms with E-state index in [0.717, 1.165) is 12.5 Å². The van der Waals surface area contributed by atoms with Crippen molar-refractivity contribution in [3.63, 3.8) is 0 Å². The quantitative estimate of drug-likeness (QED) is 0.633. The first-order valence-electron chi connectivity index (χ1n) is 7.59. The van der Waals surface area contributed by atoms with Crippen LogP contribution in [0.4, 0.5) is 8.78 Å². The van der Waals surface area contributed by atoms with E-state index in [4.69, 9.17) is 16.3 Å². The summed E-state index contributed by atoms with van der Waals surface area (Å²) in [5.41, 5.74) is 0.412. The van der Waals surface area contributed by atoms with Gasteiger partial charge in [0.1, 0.15) is 11.4 Å². The van der Waals surface area contributed by atoms with Crippen LogP contribution in [0.2, 0.25) is 5.02 Å². The van der Waals surface area contributed by atoms with Gasteiger partial charge in [-0.1, -0.05) is 11.6 Å². The first kappa shape index (κ1) is 19.2. The number of halogens is 3. The first-order valence-corrected chi connectivity index (χ1v) is 9.86. The zero-order chi connectivity index (χ0) is 19.8. The van der Waals surface area contributed by atoms with Gasteiger partial charge in [-0.2, -0.15) is 5.10 Å². The van der Waals surface area contributed by atoms with E-state index in [1.807, 2.05) is 0 Å². The second kappa shape index (κ2) is 7.24. The molecule has 0 amide bonds. The number of alkyl halides is 2. The molecule has 6 nitrogen and oxygen atoms in total. The molecule has 10 heteroatoms. The molecule has 0 atom stereocenters. The van der Waals surface area contributed by atoms with Gasteiger partial charge in [-0.3, -0.25) is 0 Å². The Hall–Kier alpha value is -2.52. The van der Waals surface area contributed by atoms with Gasteiger partial charge in [-0.05, 0) is 36.4 Å². The fourth-order valence-electron chi connectivity index (χ4n) is 2.43. The van der Waals surface area contributed by atoms with E-state index in [9.17, 15) is 17.2 Å². The van der Waals surface area contributed by atoms with Crippen LogP contribution in [0.5, 0.6) is 5.75 Å². The maximum absolute atomic E-state index is 13.2. The van der Waals surface area contributed by atoms with E-state index < -0.39 is 22.0 Å². The van der Waals surface area contributed by atoms with Crippen molar-refractivity contribution < 1.29 is 21.9 Å². The van der Waals surface area contributed by atoms with Gasteiger partial charge in [0, 0.05) is 18.0 Å². The summed E-state index contributed by atoms with van der Waals surface area (Å²) in [6, 6.07) is 8.79. The molecule has 3 rings (SSSR count). The predicted molar refractivity (Wildman–Crippen MR) is 96.4 cm³/mol.